The number of benzene rings is 3. The van der Waals surface area contributed by atoms with E-state index in [1.54, 1.807) is 36.0 Å². The van der Waals surface area contributed by atoms with E-state index >= 15 is 0 Å². The highest BCUT2D eigenvalue weighted by molar-refractivity contribution is 7.91. The fourth-order valence-electron chi connectivity index (χ4n) is 3.46. The van der Waals surface area contributed by atoms with Crippen molar-refractivity contribution in [3.05, 3.63) is 60.7 Å². The third-order valence-electron chi connectivity index (χ3n) is 4.88. The van der Waals surface area contributed by atoms with Gasteiger partial charge in [0.2, 0.25) is 9.84 Å². The lowest BCUT2D eigenvalue weighted by Crippen LogP contribution is -2.19. The van der Waals surface area contributed by atoms with Crippen molar-refractivity contribution < 1.29 is 13.2 Å². The lowest BCUT2D eigenvalue weighted by atomic mass is 10.1. The van der Waals surface area contributed by atoms with E-state index in [0.29, 0.717) is 28.6 Å². The number of fused-ring (bicyclic) bond motifs is 2. The number of hydrogen-bond acceptors (Lipinski definition) is 5. The van der Waals surface area contributed by atoms with Crippen molar-refractivity contribution >= 4 is 31.5 Å². The Hall–Kier alpha value is -2.90. The lowest BCUT2D eigenvalue weighted by molar-refractivity contribution is 0.263. The lowest BCUT2D eigenvalue weighted by Gasteiger charge is -2.12. The maximum absolute atomic E-state index is 13.6. The van der Waals surface area contributed by atoms with E-state index in [-0.39, 0.29) is 9.92 Å². The van der Waals surface area contributed by atoms with Crippen LogP contribution in [0.2, 0.25) is 0 Å². The molecule has 0 saturated heterocycles. The van der Waals surface area contributed by atoms with Crippen LogP contribution >= 0.6 is 0 Å². The van der Waals surface area contributed by atoms with E-state index in [9.17, 15) is 8.42 Å². The summed E-state index contributed by atoms with van der Waals surface area (Å²) in [6.07, 6.45) is 0. The Kier molecular flexibility index (Phi) is 5.02. The summed E-state index contributed by atoms with van der Waals surface area (Å²) in [5.41, 5.74) is 0.671. The Labute approximate surface area is 170 Å². The van der Waals surface area contributed by atoms with Gasteiger partial charge in [0.25, 0.3) is 0 Å². The molecule has 0 bridgehead atoms. The third-order valence-corrected chi connectivity index (χ3v) is 6.63. The Morgan fingerprint density at radius 3 is 2.45 bits per heavy atom. The summed E-state index contributed by atoms with van der Waals surface area (Å²) in [6.45, 7) is 1.26. The van der Waals surface area contributed by atoms with Crippen molar-refractivity contribution in [3.63, 3.8) is 0 Å². The number of rotatable bonds is 6. The van der Waals surface area contributed by atoms with Gasteiger partial charge in [0.15, 0.2) is 5.03 Å². The fourth-order valence-corrected chi connectivity index (χ4v) is 5.08. The third kappa shape index (κ3) is 3.47. The highest BCUT2D eigenvalue weighted by Crippen LogP contribution is 2.34. The predicted octanol–water partition coefficient (Wildman–Crippen LogP) is 3.50. The molecule has 6 nitrogen and oxygen atoms in total. The van der Waals surface area contributed by atoms with Crippen LogP contribution in [-0.4, -0.2) is 50.3 Å². The molecular weight excluding hydrogens is 386 g/mol. The van der Waals surface area contributed by atoms with Crippen molar-refractivity contribution in [3.8, 4) is 5.75 Å². The van der Waals surface area contributed by atoms with E-state index in [1.165, 1.54) is 0 Å². The van der Waals surface area contributed by atoms with Gasteiger partial charge in [-0.2, -0.15) is 5.10 Å². The van der Waals surface area contributed by atoms with Gasteiger partial charge in [0.1, 0.15) is 17.9 Å². The van der Waals surface area contributed by atoms with Crippen LogP contribution in [0.3, 0.4) is 0 Å². The quantitative estimate of drug-likeness (QED) is 0.488. The number of nitrogens with zero attached hydrogens (tertiary/aromatic N) is 3. The topological polar surface area (TPSA) is 64.4 Å². The molecule has 7 heteroatoms. The van der Waals surface area contributed by atoms with Crippen LogP contribution in [0, 0.1) is 0 Å². The summed E-state index contributed by atoms with van der Waals surface area (Å²) in [5.74, 6) is 0.624. The highest BCUT2D eigenvalue weighted by Gasteiger charge is 2.27. The largest absolute Gasteiger partial charge is 0.490 e. The maximum atomic E-state index is 13.6. The van der Waals surface area contributed by atoms with Crippen LogP contribution in [0.1, 0.15) is 0 Å². The molecule has 150 valence electrons. The smallest absolute Gasteiger partial charge is 0.226 e. The zero-order valence-corrected chi connectivity index (χ0v) is 17.5. The second-order valence-electron chi connectivity index (χ2n) is 7.21. The van der Waals surface area contributed by atoms with Crippen molar-refractivity contribution in [1.82, 2.24) is 14.7 Å². The van der Waals surface area contributed by atoms with Crippen molar-refractivity contribution in [2.75, 3.05) is 27.2 Å². The van der Waals surface area contributed by atoms with E-state index in [1.807, 2.05) is 55.4 Å². The summed E-state index contributed by atoms with van der Waals surface area (Å²) in [6, 6.07) is 18.2. The average Bonchev–Trinajstić information content (AvgIpc) is 3.05. The number of likely N-dealkylation sites (N-methyl/N-ethyl adjacent to an activating group) is 1. The number of sulfone groups is 1. The van der Waals surface area contributed by atoms with Gasteiger partial charge in [-0.25, -0.2) is 8.42 Å². The van der Waals surface area contributed by atoms with Gasteiger partial charge >= 0.3 is 0 Å². The molecule has 0 fully saturated rings. The molecule has 0 atom stereocenters. The SMILES string of the molecule is CN(C)CCOc1cccc2c(S(=O)(=O)c3cccc4ccccc34)nn(C)c12. The number of aryl methyl sites for hydroxylation is 1. The highest BCUT2D eigenvalue weighted by atomic mass is 32.2. The van der Waals surface area contributed by atoms with Gasteiger partial charge in [-0.1, -0.05) is 42.5 Å². The van der Waals surface area contributed by atoms with Gasteiger partial charge in [-0.3, -0.25) is 4.68 Å². The molecule has 0 unspecified atom stereocenters. The Balaban J connectivity index is 1.86. The molecule has 4 aromatic rings. The molecule has 4 rings (SSSR count). The first-order chi connectivity index (χ1) is 13.9. The molecule has 1 heterocycles. The first kappa shape index (κ1) is 19.4. The predicted molar refractivity (Wildman–Crippen MR) is 114 cm³/mol. The molecule has 0 aliphatic carbocycles. The van der Waals surface area contributed by atoms with Crippen LogP contribution in [0.25, 0.3) is 21.7 Å². The normalized spacial score (nSPS) is 12.1. The molecule has 0 spiro atoms. The van der Waals surface area contributed by atoms with Gasteiger partial charge in [0.05, 0.1) is 4.90 Å². The first-order valence-electron chi connectivity index (χ1n) is 9.35. The molecule has 0 radical (unpaired) electrons. The molecule has 0 N–H and O–H groups in total. The summed E-state index contributed by atoms with van der Waals surface area (Å²) in [4.78, 5) is 2.29. The van der Waals surface area contributed by atoms with Gasteiger partial charge in [-0.15, -0.1) is 0 Å². The van der Waals surface area contributed by atoms with E-state index < -0.39 is 9.84 Å². The standard InChI is InChI=1S/C22H23N3O3S/c1-24(2)14-15-28-19-12-7-11-18-21(19)25(3)23-22(18)29(26,27)20-13-6-9-16-8-4-5-10-17(16)20/h4-13H,14-15H2,1-3H3. The molecule has 0 aliphatic heterocycles. The van der Waals surface area contributed by atoms with Crippen molar-refractivity contribution in [2.24, 2.45) is 7.05 Å². The monoisotopic (exact) mass is 409 g/mol. The minimum Gasteiger partial charge on any atom is -0.490 e. The molecule has 3 aromatic carbocycles. The second-order valence-corrected chi connectivity index (χ2v) is 9.05. The van der Waals surface area contributed by atoms with Gasteiger partial charge in [-0.05, 0) is 37.7 Å². The van der Waals surface area contributed by atoms with Crippen LogP contribution in [0.15, 0.2) is 70.6 Å². The molecule has 0 saturated carbocycles. The van der Waals surface area contributed by atoms with E-state index in [2.05, 4.69) is 5.10 Å². The first-order valence-corrected chi connectivity index (χ1v) is 10.8. The Morgan fingerprint density at radius 2 is 1.66 bits per heavy atom. The van der Waals surface area contributed by atoms with Crippen LogP contribution in [0.4, 0.5) is 0 Å². The summed E-state index contributed by atoms with van der Waals surface area (Å²) >= 11 is 0. The molecule has 1 aromatic heterocycles. The van der Waals surface area contributed by atoms with E-state index in [4.69, 9.17) is 4.74 Å². The number of para-hydroxylation sites is 1. The van der Waals surface area contributed by atoms with Crippen LogP contribution in [0.5, 0.6) is 5.75 Å². The summed E-state index contributed by atoms with van der Waals surface area (Å²) in [5, 5.41) is 6.55. The molecular formula is C22H23N3O3S. The summed E-state index contributed by atoms with van der Waals surface area (Å²) < 4.78 is 34.6. The van der Waals surface area contributed by atoms with Gasteiger partial charge in [0, 0.05) is 24.4 Å². The second kappa shape index (κ2) is 7.50. The van der Waals surface area contributed by atoms with Crippen molar-refractivity contribution in [1.29, 1.82) is 0 Å². The van der Waals surface area contributed by atoms with Crippen molar-refractivity contribution in [2.45, 2.75) is 9.92 Å². The fraction of sp³-hybridized carbons (Fsp3) is 0.227. The minimum absolute atomic E-state index is 0.0458. The summed E-state index contributed by atoms with van der Waals surface area (Å²) in [7, 11) is 1.87. The Bertz CT molecular complexity index is 1290. The molecule has 0 aliphatic rings. The number of ether oxygens (including phenoxy) is 1. The number of hydrogen-bond donors (Lipinski definition) is 0. The average molecular weight is 410 g/mol. The zero-order chi connectivity index (χ0) is 20.6. The molecule has 0 amide bonds. The minimum atomic E-state index is -3.82. The van der Waals surface area contributed by atoms with Crippen LogP contribution < -0.4 is 4.74 Å². The Morgan fingerprint density at radius 1 is 0.966 bits per heavy atom. The zero-order valence-electron chi connectivity index (χ0n) is 16.7. The maximum Gasteiger partial charge on any atom is 0.226 e. The number of aromatic nitrogens is 2. The van der Waals surface area contributed by atoms with E-state index in [0.717, 1.165) is 11.9 Å². The van der Waals surface area contributed by atoms with Gasteiger partial charge < -0.3 is 9.64 Å². The molecule has 29 heavy (non-hydrogen) atoms. The van der Waals surface area contributed by atoms with Crippen LogP contribution in [-0.2, 0) is 16.9 Å².